The first kappa shape index (κ1) is 25.4. The molecule has 0 radical (unpaired) electrons. The monoisotopic (exact) mass is 444 g/mol. The molecule has 3 fully saturated rings. The van der Waals surface area contributed by atoms with Gasteiger partial charge in [0.25, 0.3) is 0 Å². The minimum atomic E-state index is -0.709. The minimum Gasteiger partial charge on any atom is -0.392 e. The predicted octanol–water partition coefficient (Wildman–Crippen LogP) is 4.84. The van der Waals surface area contributed by atoms with Gasteiger partial charge in [-0.1, -0.05) is 55.4 Å². The molecule has 0 bridgehead atoms. The van der Waals surface area contributed by atoms with Gasteiger partial charge in [-0.25, -0.2) is 0 Å². The van der Waals surface area contributed by atoms with Crippen molar-refractivity contribution >= 4 is 0 Å². The Labute approximate surface area is 194 Å². The van der Waals surface area contributed by atoms with Crippen LogP contribution in [0.2, 0.25) is 0 Å². The van der Waals surface area contributed by atoms with E-state index < -0.39 is 17.8 Å². The Hall–Kier alpha value is -1.20. The highest BCUT2D eigenvalue weighted by molar-refractivity contribution is 5.30. The molecule has 0 heterocycles. The molecule has 0 amide bonds. The maximum absolute atomic E-state index is 10.4. The Morgan fingerprint density at radius 1 is 1.12 bits per heavy atom. The summed E-state index contributed by atoms with van der Waals surface area (Å²) in [5.74, 6) is 1.77. The quantitative estimate of drug-likeness (QED) is 0.442. The van der Waals surface area contributed by atoms with Crippen LogP contribution in [0.3, 0.4) is 0 Å². The molecule has 0 aliphatic heterocycles. The molecular formula is C28H44O4. The maximum atomic E-state index is 10.4. The Balaban J connectivity index is 1.71. The fraction of sp³-hybridized carbons (Fsp3) is 0.714. The van der Waals surface area contributed by atoms with Gasteiger partial charge < -0.3 is 20.4 Å². The van der Waals surface area contributed by atoms with Gasteiger partial charge in [0.05, 0.1) is 24.4 Å². The van der Waals surface area contributed by atoms with Crippen LogP contribution in [-0.2, 0) is 0 Å². The Kier molecular flexibility index (Phi) is 8.25. The number of aliphatic hydroxyl groups excluding tert-OH is 3. The largest absolute Gasteiger partial charge is 0.392 e. The lowest BCUT2D eigenvalue weighted by atomic mass is 9.61. The van der Waals surface area contributed by atoms with Gasteiger partial charge in [-0.15, -0.1) is 0 Å². The predicted molar refractivity (Wildman–Crippen MR) is 130 cm³/mol. The van der Waals surface area contributed by atoms with Crippen molar-refractivity contribution in [3.63, 3.8) is 0 Å². The number of hydrogen-bond acceptors (Lipinski definition) is 4. The van der Waals surface area contributed by atoms with E-state index in [0.29, 0.717) is 48.0 Å². The van der Waals surface area contributed by atoms with Crippen molar-refractivity contribution in [2.24, 2.45) is 23.2 Å². The third-order valence-corrected chi connectivity index (χ3v) is 8.27. The number of hydrogen-bond donors (Lipinski definition) is 4. The molecule has 4 nitrogen and oxygen atoms in total. The van der Waals surface area contributed by atoms with Gasteiger partial charge in [-0.05, 0) is 94.0 Å². The second-order valence-electron chi connectivity index (χ2n) is 11.3. The highest BCUT2D eigenvalue weighted by Crippen LogP contribution is 2.59. The van der Waals surface area contributed by atoms with E-state index in [2.05, 4.69) is 38.2 Å². The molecule has 0 saturated heterocycles. The van der Waals surface area contributed by atoms with Crippen LogP contribution in [0, 0.1) is 23.2 Å². The van der Waals surface area contributed by atoms with Gasteiger partial charge in [0.15, 0.2) is 0 Å². The molecule has 3 rings (SSSR count). The summed E-state index contributed by atoms with van der Waals surface area (Å²) in [5, 5.41) is 39.8. The zero-order chi connectivity index (χ0) is 23.5. The lowest BCUT2D eigenvalue weighted by molar-refractivity contribution is 0.0832. The van der Waals surface area contributed by atoms with Crippen molar-refractivity contribution < 1.29 is 20.4 Å². The van der Waals surface area contributed by atoms with Crippen molar-refractivity contribution in [3.8, 4) is 0 Å². The van der Waals surface area contributed by atoms with E-state index in [9.17, 15) is 15.3 Å². The second kappa shape index (κ2) is 10.4. The van der Waals surface area contributed by atoms with Crippen molar-refractivity contribution in [3.05, 3.63) is 47.1 Å². The van der Waals surface area contributed by atoms with Crippen molar-refractivity contribution in [2.75, 3.05) is 6.61 Å². The Morgan fingerprint density at radius 2 is 1.81 bits per heavy atom. The van der Waals surface area contributed by atoms with Crippen molar-refractivity contribution in [2.45, 2.75) is 96.9 Å². The van der Waals surface area contributed by atoms with Crippen molar-refractivity contribution in [1.82, 2.24) is 0 Å². The van der Waals surface area contributed by atoms with Gasteiger partial charge in [-0.2, -0.15) is 0 Å². The van der Waals surface area contributed by atoms with Gasteiger partial charge in [0.2, 0.25) is 0 Å². The SMILES string of the molecule is C[C@H](/C=C/CC(C)(C)O)[C@H]1CC[C@H]2/C(=C\C=C3C[C@@H](O)C(=CCO)[C@H](O)C3)CCC[C@]12C. The van der Waals surface area contributed by atoms with Crippen LogP contribution in [0.15, 0.2) is 47.1 Å². The number of rotatable bonds is 6. The topological polar surface area (TPSA) is 80.9 Å². The summed E-state index contributed by atoms with van der Waals surface area (Å²) in [7, 11) is 0. The highest BCUT2D eigenvalue weighted by Gasteiger charge is 2.50. The normalized spacial score (nSPS) is 35.9. The highest BCUT2D eigenvalue weighted by atomic mass is 16.3. The molecule has 3 aliphatic carbocycles. The van der Waals surface area contributed by atoms with E-state index in [1.165, 1.54) is 37.3 Å². The summed E-state index contributed by atoms with van der Waals surface area (Å²) in [5.41, 5.74) is 2.82. The van der Waals surface area contributed by atoms with Crippen LogP contribution < -0.4 is 0 Å². The van der Waals surface area contributed by atoms with E-state index in [1.807, 2.05) is 13.8 Å². The third-order valence-electron chi connectivity index (χ3n) is 8.27. The van der Waals surface area contributed by atoms with Crippen LogP contribution in [0.1, 0.15) is 79.1 Å². The zero-order valence-corrected chi connectivity index (χ0v) is 20.4. The van der Waals surface area contributed by atoms with Crippen LogP contribution in [0.4, 0.5) is 0 Å². The smallest absolute Gasteiger partial charge is 0.0813 e. The summed E-state index contributed by atoms with van der Waals surface area (Å²) in [6.07, 6.45) is 16.9. The summed E-state index contributed by atoms with van der Waals surface area (Å²) in [4.78, 5) is 0. The second-order valence-corrected chi connectivity index (χ2v) is 11.3. The first-order valence-corrected chi connectivity index (χ1v) is 12.5. The van der Waals surface area contributed by atoms with Crippen LogP contribution in [-0.4, -0.2) is 44.8 Å². The summed E-state index contributed by atoms with van der Waals surface area (Å²) >= 11 is 0. The van der Waals surface area contributed by atoms with E-state index in [4.69, 9.17) is 5.11 Å². The maximum Gasteiger partial charge on any atom is 0.0813 e. The fourth-order valence-corrected chi connectivity index (χ4v) is 6.62. The standard InChI is InChI=1S/C28H44O4/c1-19(7-5-14-27(2,3)32)23-11-12-24-21(8-6-15-28(23,24)4)10-9-20-17-25(30)22(13-16-29)26(31)18-20/h5,7,9-10,13,19,23-26,29-32H,6,8,11-12,14-18H2,1-4H3/b7-5+,20-9?,21-10-,22-13?/t19-,23-,24+,25-,26-,28-/m1/s1. The fourth-order valence-electron chi connectivity index (χ4n) is 6.62. The first-order chi connectivity index (χ1) is 15.0. The molecule has 0 aromatic rings. The van der Waals surface area contributed by atoms with Crippen LogP contribution >= 0.6 is 0 Å². The molecule has 3 aliphatic rings. The lowest BCUT2D eigenvalue weighted by Gasteiger charge is -2.44. The molecule has 3 saturated carbocycles. The molecule has 4 N–H and O–H groups in total. The van der Waals surface area contributed by atoms with Gasteiger partial charge in [-0.3, -0.25) is 0 Å². The van der Waals surface area contributed by atoms with E-state index >= 15 is 0 Å². The first-order valence-electron chi connectivity index (χ1n) is 12.5. The molecule has 6 atom stereocenters. The van der Waals surface area contributed by atoms with E-state index in [1.54, 1.807) is 0 Å². The number of aliphatic hydroxyl groups is 4. The van der Waals surface area contributed by atoms with Gasteiger partial charge >= 0.3 is 0 Å². The molecule has 0 aromatic carbocycles. The molecule has 180 valence electrons. The average molecular weight is 445 g/mol. The van der Waals surface area contributed by atoms with E-state index in [-0.39, 0.29) is 6.61 Å². The molecular weight excluding hydrogens is 400 g/mol. The summed E-state index contributed by atoms with van der Waals surface area (Å²) < 4.78 is 0. The van der Waals surface area contributed by atoms with Crippen LogP contribution in [0.5, 0.6) is 0 Å². The molecule has 32 heavy (non-hydrogen) atoms. The average Bonchev–Trinajstić information content (AvgIpc) is 3.05. The number of fused-ring (bicyclic) bond motifs is 1. The lowest BCUT2D eigenvalue weighted by Crippen LogP contribution is -2.35. The third kappa shape index (κ3) is 5.83. The molecule has 0 unspecified atom stereocenters. The molecule has 0 aromatic heterocycles. The molecule has 4 heteroatoms. The van der Waals surface area contributed by atoms with Gasteiger partial charge in [0.1, 0.15) is 0 Å². The minimum absolute atomic E-state index is 0.153. The van der Waals surface area contributed by atoms with E-state index in [0.717, 1.165) is 12.0 Å². The van der Waals surface area contributed by atoms with Crippen LogP contribution in [0.25, 0.3) is 0 Å². The summed E-state index contributed by atoms with van der Waals surface area (Å²) in [6.45, 7) is 8.38. The Bertz CT molecular complexity index is 753. The summed E-state index contributed by atoms with van der Waals surface area (Å²) in [6, 6.07) is 0. The number of allylic oxidation sites excluding steroid dienone is 4. The van der Waals surface area contributed by atoms with Gasteiger partial charge in [0, 0.05) is 0 Å². The van der Waals surface area contributed by atoms with Crippen molar-refractivity contribution in [1.29, 1.82) is 0 Å². The zero-order valence-electron chi connectivity index (χ0n) is 20.4. The Morgan fingerprint density at radius 3 is 2.44 bits per heavy atom. The molecule has 0 spiro atoms.